The molecule has 0 aromatic carbocycles. The van der Waals surface area contributed by atoms with Gasteiger partial charge in [0.2, 0.25) is 0 Å². The Bertz CT molecular complexity index is 321. The zero-order valence-electron chi connectivity index (χ0n) is 7.93. The van der Waals surface area contributed by atoms with Crippen molar-refractivity contribution in [2.45, 2.75) is 31.8 Å². The Labute approximate surface area is 82.4 Å². The van der Waals surface area contributed by atoms with E-state index in [0.717, 1.165) is 0 Å². The van der Waals surface area contributed by atoms with Gasteiger partial charge in [-0.3, -0.25) is 0 Å². The summed E-state index contributed by atoms with van der Waals surface area (Å²) >= 11 is 0. The predicted molar refractivity (Wildman–Crippen MR) is 44.6 cm³/mol. The third-order valence-corrected chi connectivity index (χ3v) is 2.97. The molecule has 2 fully saturated rings. The van der Waals surface area contributed by atoms with Crippen molar-refractivity contribution < 1.29 is 26.3 Å². The summed E-state index contributed by atoms with van der Waals surface area (Å²) in [6.45, 7) is 3.69. The van der Waals surface area contributed by atoms with Crippen LogP contribution >= 0.6 is 0 Å². The summed E-state index contributed by atoms with van der Waals surface area (Å²) in [6, 6.07) is 0. The lowest BCUT2D eigenvalue weighted by molar-refractivity contribution is -0.309. The quantitative estimate of drug-likeness (QED) is 0.567. The van der Waals surface area contributed by atoms with Crippen LogP contribution in [0.25, 0.3) is 0 Å². The fourth-order valence-electron chi connectivity index (χ4n) is 1.43. The lowest BCUT2D eigenvalue weighted by Crippen LogP contribution is -2.54. The third kappa shape index (κ3) is 2.06. The molecule has 2 rings (SSSR count). The molecule has 0 bridgehead atoms. The summed E-state index contributed by atoms with van der Waals surface area (Å²) in [5.41, 5.74) is 0. The van der Waals surface area contributed by atoms with Gasteiger partial charge in [0.25, 0.3) is 0 Å². The fraction of sp³-hybridized carbons (Fsp3) is 1.00. The summed E-state index contributed by atoms with van der Waals surface area (Å²) in [7, 11) is -3.85. The van der Waals surface area contributed by atoms with E-state index < -0.39 is 22.3 Å². The van der Waals surface area contributed by atoms with Gasteiger partial charge >= 0.3 is 10.4 Å². The number of ether oxygens (including phenoxy) is 2. The lowest BCUT2D eigenvalue weighted by Gasteiger charge is -2.41. The molecule has 0 spiro atoms. The van der Waals surface area contributed by atoms with Crippen molar-refractivity contribution in [2.24, 2.45) is 0 Å². The topological polar surface area (TPSA) is 71.1 Å². The van der Waals surface area contributed by atoms with E-state index in [0.29, 0.717) is 0 Å². The summed E-state index contributed by atoms with van der Waals surface area (Å²) in [5, 5.41) is 0. The van der Waals surface area contributed by atoms with Crippen LogP contribution in [0.5, 0.6) is 0 Å². The standard InChI is InChI=1S/C7H12O6S/c1-7(2)10-3-6-5(12-7)4-11-14(8,9)13-6/h5-6H,3-4H2,1-2H3/t5-,6+/m0/s1. The first-order valence-corrected chi connectivity index (χ1v) is 5.61. The summed E-state index contributed by atoms with van der Waals surface area (Å²) < 4.78 is 41.7. The fourth-order valence-corrected chi connectivity index (χ4v) is 2.26. The molecule has 0 N–H and O–H groups in total. The number of hydrogen-bond donors (Lipinski definition) is 0. The van der Waals surface area contributed by atoms with E-state index in [1.54, 1.807) is 13.8 Å². The highest BCUT2D eigenvalue weighted by molar-refractivity contribution is 7.81. The van der Waals surface area contributed by atoms with Crippen LogP contribution in [0.3, 0.4) is 0 Å². The van der Waals surface area contributed by atoms with Crippen LogP contribution in [-0.4, -0.2) is 39.6 Å². The smallest absolute Gasteiger partial charge is 0.348 e. The van der Waals surface area contributed by atoms with Gasteiger partial charge in [0.05, 0.1) is 13.2 Å². The molecule has 2 heterocycles. The van der Waals surface area contributed by atoms with E-state index in [4.69, 9.17) is 9.47 Å². The van der Waals surface area contributed by atoms with Crippen molar-refractivity contribution in [3.63, 3.8) is 0 Å². The van der Waals surface area contributed by atoms with Crippen molar-refractivity contribution in [3.8, 4) is 0 Å². The molecule has 0 radical (unpaired) electrons. The zero-order valence-corrected chi connectivity index (χ0v) is 8.74. The van der Waals surface area contributed by atoms with E-state index >= 15 is 0 Å². The Morgan fingerprint density at radius 1 is 1.21 bits per heavy atom. The average Bonchev–Trinajstić information content (AvgIpc) is 2.04. The zero-order chi connectivity index (χ0) is 10.4. The largest absolute Gasteiger partial charge is 0.400 e. The summed E-state index contributed by atoms with van der Waals surface area (Å²) in [6.07, 6.45) is -0.982. The van der Waals surface area contributed by atoms with Gasteiger partial charge in [-0.05, 0) is 13.8 Å². The first-order valence-electron chi connectivity index (χ1n) is 4.27. The summed E-state index contributed by atoms with van der Waals surface area (Å²) in [5.74, 6) is -0.713. The molecule has 0 amide bonds. The number of fused-ring (bicyclic) bond motifs is 1. The maximum absolute atomic E-state index is 10.9. The van der Waals surface area contributed by atoms with Gasteiger partial charge in [0.15, 0.2) is 5.79 Å². The van der Waals surface area contributed by atoms with Crippen LogP contribution in [0.4, 0.5) is 0 Å². The van der Waals surface area contributed by atoms with Crippen LogP contribution in [-0.2, 0) is 28.2 Å². The minimum absolute atomic E-state index is 0.0141. The van der Waals surface area contributed by atoms with Crippen LogP contribution < -0.4 is 0 Å². The highest BCUT2D eigenvalue weighted by Crippen LogP contribution is 2.28. The molecule has 2 aliphatic rings. The Morgan fingerprint density at radius 3 is 2.64 bits per heavy atom. The van der Waals surface area contributed by atoms with Gasteiger partial charge in [-0.1, -0.05) is 0 Å². The SMILES string of the molecule is CC1(C)OC[C@H]2OS(=O)(=O)OC[C@@H]2O1. The molecule has 7 heteroatoms. The van der Waals surface area contributed by atoms with Gasteiger partial charge < -0.3 is 9.47 Å². The first-order chi connectivity index (χ1) is 6.38. The number of rotatable bonds is 0. The van der Waals surface area contributed by atoms with Crippen molar-refractivity contribution in [1.82, 2.24) is 0 Å². The second-order valence-electron chi connectivity index (χ2n) is 3.69. The van der Waals surface area contributed by atoms with Crippen molar-refractivity contribution in [1.29, 1.82) is 0 Å². The highest BCUT2D eigenvalue weighted by Gasteiger charge is 2.43. The molecule has 6 nitrogen and oxygen atoms in total. The minimum atomic E-state index is -3.85. The molecular weight excluding hydrogens is 212 g/mol. The first kappa shape index (κ1) is 10.3. The Hall–Kier alpha value is -0.210. The average molecular weight is 224 g/mol. The second kappa shape index (κ2) is 3.14. The molecule has 0 aromatic heterocycles. The highest BCUT2D eigenvalue weighted by atomic mass is 32.3. The molecule has 82 valence electrons. The van der Waals surface area contributed by atoms with Gasteiger partial charge in [-0.15, -0.1) is 0 Å². The monoisotopic (exact) mass is 224 g/mol. The maximum atomic E-state index is 10.9. The van der Waals surface area contributed by atoms with E-state index in [-0.39, 0.29) is 19.3 Å². The van der Waals surface area contributed by atoms with Crippen LogP contribution in [0.2, 0.25) is 0 Å². The van der Waals surface area contributed by atoms with Crippen molar-refractivity contribution in [2.75, 3.05) is 13.2 Å². The molecular formula is C7H12O6S. The Kier molecular flexibility index (Phi) is 2.31. The molecule has 2 saturated heterocycles. The molecule has 0 aromatic rings. The normalized spacial score (nSPS) is 40.1. The van der Waals surface area contributed by atoms with Gasteiger partial charge in [-0.25, -0.2) is 8.37 Å². The maximum Gasteiger partial charge on any atom is 0.400 e. The Morgan fingerprint density at radius 2 is 1.93 bits per heavy atom. The van der Waals surface area contributed by atoms with Crippen molar-refractivity contribution in [3.05, 3.63) is 0 Å². The van der Waals surface area contributed by atoms with Gasteiger partial charge in [-0.2, -0.15) is 8.42 Å². The van der Waals surface area contributed by atoms with Crippen molar-refractivity contribution >= 4 is 10.4 Å². The molecule has 0 saturated carbocycles. The molecule has 2 atom stereocenters. The van der Waals surface area contributed by atoms with E-state index in [9.17, 15) is 8.42 Å². The second-order valence-corrected chi connectivity index (χ2v) is 4.94. The third-order valence-electron chi connectivity index (χ3n) is 2.06. The van der Waals surface area contributed by atoms with E-state index in [2.05, 4.69) is 8.37 Å². The van der Waals surface area contributed by atoms with Crippen LogP contribution in [0, 0.1) is 0 Å². The van der Waals surface area contributed by atoms with Gasteiger partial charge in [0, 0.05) is 0 Å². The molecule has 14 heavy (non-hydrogen) atoms. The molecule has 2 aliphatic heterocycles. The minimum Gasteiger partial charge on any atom is -0.348 e. The molecule has 0 unspecified atom stereocenters. The van der Waals surface area contributed by atoms with E-state index in [1.165, 1.54) is 0 Å². The van der Waals surface area contributed by atoms with Crippen LogP contribution in [0.15, 0.2) is 0 Å². The van der Waals surface area contributed by atoms with E-state index in [1.807, 2.05) is 0 Å². The lowest BCUT2D eigenvalue weighted by atomic mass is 10.2. The van der Waals surface area contributed by atoms with Crippen LogP contribution in [0.1, 0.15) is 13.8 Å². The number of hydrogen-bond acceptors (Lipinski definition) is 6. The van der Waals surface area contributed by atoms with Gasteiger partial charge in [0.1, 0.15) is 12.2 Å². The summed E-state index contributed by atoms with van der Waals surface area (Å²) in [4.78, 5) is 0. The molecule has 0 aliphatic carbocycles. The Balaban J connectivity index is 2.09. The predicted octanol–water partition coefficient (Wildman–Crippen LogP) is -0.202.